The molecule has 0 unspecified atom stereocenters. The number of benzene rings is 2. The molecule has 1 aliphatic rings. The molecule has 0 radical (unpaired) electrons. The Morgan fingerprint density at radius 2 is 1.87 bits per heavy atom. The molecule has 4 aromatic rings. The quantitative estimate of drug-likeness (QED) is 0.438. The van der Waals surface area contributed by atoms with Crippen LogP contribution in [-0.4, -0.2) is 32.3 Å². The van der Waals surface area contributed by atoms with Gasteiger partial charge in [-0.2, -0.15) is 4.80 Å². The smallest absolute Gasteiger partial charge is 0.204 e. The molecule has 0 atom stereocenters. The molecule has 2 aromatic carbocycles. The summed E-state index contributed by atoms with van der Waals surface area (Å²) >= 11 is 1.63. The molecule has 1 fully saturated rings. The first-order valence-electron chi connectivity index (χ1n) is 10.3. The number of thiazole rings is 1. The van der Waals surface area contributed by atoms with Crippen LogP contribution in [0.2, 0.25) is 0 Å². The van der Waals surface area contributed by atoms with Crippen LogP contribution in [0.25, 0.3) is 11.4 Å². The summed E-state index contributed by atoms with van der Waals surface area (Å²) in [6.45, 7) is 0.553. The van der Waals surface area contributed by atoms with Gasteiger partial charge < -0.3 is 4.74 Å². The lowest BCUT2D eigenvalue weighted by atomic mass is 9.83. The molecule has 1 aliphatic carbocycles. The highest BCUT2D eigenvalue weighted by Crippen LogP contribution is 2.36. The molecule has 0 spiro atoms. The summed E-state index contributed by atoms with van der Waals surface area (Å²) in [7, 11) is 1.65. The first-order valence-corrected chi connectivity index (χ1v) is 11.1. The van der Waals surface area contributed by atoms with Gasteiger partial charge in [-0.05, 0) is 65.9 Å². The molecule has 0 amide bonds. The van der Waals surface area contributed by atoms with Crippen molar-refractivity contribution in [3.05, 3.63) is 75.7 Å². The monoisotopic (exact) mass is 427 g/mol. The minimum Gasteiger partial charge on any atom is -0.497 e. The number of ether oxygens (including phenoxy) is 1. The van der Waals surface area contributed by atoms with Crippen LogP contribution in [0, 0.1) is 11.8 Å². The Kier molecular flexibility index (Phi) is 5.46. The highest BCUT2D eigenvalue weighted by molar-refractivity contribution is 7.10. The Hall–Kier alpha value is -3.50. The average molecular weight is 428 g/mol. The van der Waals surface area contributed by atoms with Crippen LogP contribution < -0.4 is 4.74 Å². The lowest BCUT2D eigenvalue weighted by molar-refractivity contribution is 0.412. The Bertz CT molecular complexity index is 1230. The minimum atomic E-state index is 0.553. The van der Waals surface area contributed by atoms with Crippen LogP contribution in [-0.2, 0) is 6.54 Å². The van der Waals surface area contributed by atoms with E-state index < -0.39 is 0 Å². The lowest BCUT2D eigenvalue weighted by Gasteiger charge is -2.22. The van der Waals surface area contributed by atoms with Crippen LogP contribution in [0.5, 0.6) is 5.75 Å². The molecule has 1 saturated carbocycles. The van der Waals surface area contributed by atoms with Gasteiger partial charge >= 0.3 is 0 Å². The number of tetrazole rings is 1. The number of methoxy groups -OCH3 is 1. The van der Waals surface area contributed by atoms with Crippen molar-refractivity contribution in [2.45, 2.75) is 31.7 Å². The Balaban J connectivity index is 1.24. The first kappa shape index (κ1) is 19.5. The summed E-state index contributed by atoms with van der Waals surface area (Å²) in [6, 6.07) is 15.7. The SMILES string of the molecule is COc1ccc(Cn2nnc(-c3ccc(C#Cc4nc(C5CCC5)cs4)cc3)n2)cc1. The van der Waals surface area contributed by atoms with Crippen LogP contribution in [0.15, 0.2) is 53.9 Å². The van der Waals surface area contributed by atoms with Gasteiger partial charge in [0.15, 0.2) is 5.01 Å². The molecule has 5 rings (SSSR count). The van der Waals surface area contributed by atoms with Gasteiger partial charge in [-0.1, -0.05) is 24.5 Å². The summed E-state index contributed by atoms with van der Waals surface area (Å²) in [4.78, 5) is 6.26. The zero-order valence-electron chi connectivity index (χ0n) is 17.2. The molecule has 2 aromatic heterocycles. The summed E-state index contributed by atoms with van der Waals surface area (Å²) in [5, 5.41) is 15.9. The van der Waals surface area contributed by atoms with Crippen molar-refractivity contribution in [3.63, 3.8) is 0 Å². The van der Waals surface area contributed by atoms with Crippen LogP contribution in [0.4, 0.5) is 0 Å². The van der Waals surface area contributed by atoms with Crippen molar-refractivity contribution in [3.8, 4) is 29.0 Å². The second-order valence-corrected chi connectivity index (χ2v) is 8.38. The van der Waals surface area contributed by atoms with Crippen LogP contribution >= 0.6 is 11.3 Å². The van der Waals surface area contributed by atoms with E-state index >= 15 is 0 Å². The van der Waals surface area contributed by atoms with Gasteiger partial charge in [0.25, 0.3) is 0 Å². The second kappa shape index (κ2) is 8.70. The number of aromatic nitrogens is 5. The van der Waals surface area contributed by atoms with Crippen molar-refractivity contribution >= 4 is 11.3 Å². The van der Waals surface area contributed by atoms with Crippen LogP contribution in [0.1, 0.15) is 47.0 Å². The van der Waals surface area contributed by atoms with Crippen molar-refractivity contribution < 1.29 is 4.74 Å². The topological polar surface area (TPSA) is 65.7 Å². The number of hydrogen-bond acceptors (Lipinski definition) is 6. The van der Waals surface area contributed by atoms with Gasteiger partial charge in [0.05, 0.1) is 19.3 Å². The summed E-state index contributed by atoms with van der Waals surface area (Å²) in [6.07, 6.45) is 3.84. The third kappa shape index (κ3) is 4.49. The molecule has 0 N–H and O–H groups in total. The molecule has 154 valence electrons. The highest BCUT2D eigenvalue weighted by atomic mass is 32.1. The molecular weight excluding hydrogens is 406 g/mol. The Labute approximate surface area is 184 Å². The minimum absolute atomic E-state index is 0.553. The summed E-state index contributed by atoms with van der Waals surface area (Å²) in [5.74, 6) is 8.46. The zero-order chi connectivity index (χ0) is 21.0. The molecule has 7 heteroatoms. The van der Waals surface area contributed by atoms with Gasteiger partial charge in [-0.15, -0.1) is 21.5 Å². The van der Waals surface area contributed by atoms with Crippen molar-refractivity contribution in [1.82, 2.24) is 25.2 Å². The maximum atomic E-state index is 5.19. The lowest BCUT2D eigenvalue weighted by Crippen LogP contribution is -2.08. The maximum Gasteiger partial charge on any atom is 0.204 e. The van der Waals surface area contributed by atoms with E-state index in [9.17, 15) is 0 Å². The second-order valence-electron chi connectivity index (χ2n) is 7.52. The maximum absolute atomic E-state index is 5.19. The van der Waals surface area contributed by atoms with Gasteiger partial charge in [0.1, 0.15) is 5.75 Å². The van der Waals surface area contributed by atoms with Crippen molar-refractivity contribution in [1.29, 1.82) is 0 Å². The van der Waals surface area contributed by atoms with E-state index in [2.05, 4.69) is 37.6 Å². The highest BCUT2D eigenvalue weighted by Gasteiger charge is 2.21. The van der Waals surface area contributed by atoms with E-state index in [1.165, 1.54) is 25.0 Å². The summed E-state index contributed by atoms with van der Waals surface area (Å²) < 4.78 is 5.19. The number of hydrogen-bond donors (Lipinski definition) is 0. The van der Waals surface area contributed by atoms with Gasteiger partial charge in [0.2, 0.25) is 5.82 Å². The van der Waals surface area contributed by atoms with E-state index in [0.29, 0.717) is 18.3 Å². The third-order valence-electron chi connectivity index (χ3n) is 5.44. The predicted octanol–water partition coefficient (Wildman–Crippen LogP) is 4.52. The molecule has 31 heavy (non-hydrogen) atoms. The van der Waals surface area contributed by atoms with Gasteiger partial charge in [-0.3, -0.25) is 0 Å². The fraction of sp³-hybridized carbons (Fsp3) is 0.250. The van der Waals surface area contributed by atoms with Gasteiger partial charge in [-0.25, -0.2) is 4.98 Å². The molecule has 0 bridgehead atoms. The van der Waals surface area contributed by atoms with Crippen molar-refractivity contribution in [2.75, 3.05) is 7.11 Å². The standard InChI is InChI=1S/C24H21N5OS/c1-30-21-12-7-18(8-13-21)15-29-27-24(26-28-29)20-10-5-17(6-11-20)9-14-23-25-22(16-31-23)19-3-2-4-19/h5-8,10-13,16,19H,2-4,15H2,1H3. The number of nitrogens with zero attached hydrogens (tertiary/aromatic N) is 5. The Morgan fingerprint density at radius 3 is 2.58 bits per heavy atom. The van der Waals surface area contributed by atoms with E-state index in [4.69, 9.17) is 4.74 Å². The van der Waals surface area contributed by atoms with E-state index in [1.54, 1.807) is 23.2 Å². The van der Waals surface area contributed by atoms with Crippen LogP contribution in [0.3, 0.4) is 0 Å². The van der Waals surface area contributed by atoms with E-state index in [-0.39, 0.29) is 0 Å². The molecule has 0 saturated heterocycles. The fourth-order valence-electron chi connectivity index (χ4n) is 3.38. The molecule has 6 nitrogen and oxygen atoms in total. The Morgan fingerprint density at radius 1 is 1.06 bits per heavy atom. The van der Waals surface area contributed by atoms with Crippen molar-refractivity contribution in [2.24, 2.45) is 0 Å². The predicted molar refractivity (Wildman–Crippen MR) is 120 cm³/mol. The molecule has 0 aliphatic heterocycles. The van der Waals surface area contributed by atoms with E-state index in [1.807, 2.05) is 48.5 Å². The molecular formula is C24H21N5OS. The third-order valence-corrected chi connectivity index (χ3v) is 6.21. The van der Waals surface area contributed by atoms with Gasteiger partial charge in [0, 0.05) is 22.4 Å². The largest absolute Gasteiger partial charge is 0.497 e. The van der Waals surface area contributed by atoms with E-state index in [0.717, 1.165) is 27.4 Å². The molecule has 2 heterocycles. The fourth-order valence-corrected chi connectivity index (χ4v) is 4.13. The average Bonchev–Trinajstić information content (AvgIpc) is 3.42. The first-order chi connectivity index (χ1) is 15.3. The normalized spacial score (nSPS) is 13.3. The number of rotatable bonds is 5. The summed E-state index contributed by atoms with van der Waals surface area (Å²) in [5.41, 5.74) is 4.14. The zero-order valence-corrected chi connectivity index (χ0v) is 18.0.